The van der Waals surface area contributed by atoms with Gasteiger partial charge in [0.25, 0.3) is 0 Å². The molecule has 4 N–H and O–H groups in total. The Balaban J connectivity index is 2.55. The lowest BCUT2D eigenvalue weighted by Crippen LogP contribution is -2.52. The molecule has 0 radical (unpaired) electrons. The highest BCUT2D eigenvalue weighted by Crippen LogP contribution is 2.16. The van der Waals surface area contributed by atoms with E-state index in [9.17, 15) is 14.4 Å². The van der Waals surface area contributed by atoms with Crippen LogP contribution in [0.3, 0.4) is 0 Å². The summed E-state index contributed by atoms with van der Waals surface area (Å²) in [6.07, 6.45) is 3.39. The van der Waals surface area contributed by atoms with Gasteiger partial charge in [-0.15, -0.1) is 0 Å². The second-order valence-corrected chi connectivity index (χ2v) is 5.17. The summed E-state index contributed by atoms with van der Waals surface area (Å²) in [7, 11) is 0. The van der Waals surface area contributed by atoms with Crippen LogP contribution >= 0.6 is 0 Å². The maximum absolute atomic E-state index is 12.0. The molecule has 0 aromatic carbocycles. The van der Waals surface area contributed by atoms with Crippen molar-refractivity contribution in [3.8, 4) is 0 Å². The van der Waals surface area contributed by atoms with Crippen LogP contribution < -0.4 is 11.1 Å². The third-order valence-corrected chi connectivity index (χ3v) is 3.55. The number of aliphatic carboxylic acids is 1. The first-order valence-corrected chi connectivity index (χ1v) is 7.03. The number of nitrogens with one attached hydrogen (secondary N) is 1. The molecule has 1 aliphatic heterocycles. The van der Waals surface area contributed by atoms with E-state index in [4.69, 9.17) is 10.8 Å². The van der Waals surface area contributed by atoms with Crippen LogP contribution in [0.15, 0.2) is 0 Å². The molecule has 0 aromatic heterocycles. The lowest BCUT2D eigenvalue weighted by molar-refractivity contribution is -0.139. The number of rotatable bonds is 6. The number of amides is 3. The molecular formula is C13H23N3O4. The van der Waals surface area contributed by atoms with Crippen LogP contribution in [0.2, 0.25) is 0 Å². The van der Waals surface area contributed by atoms with Gasteiger partial charge in [-0.25, -0.2) is 9.59 Å². The van der Waals surface area contributed by atoms with Crippen molar-refractivity contribution in [3.63, 3.8) is 0 Å². The predicted molar refractivity (Wildman–Crippen MR) is 73.0 cm³/mol. The number of hydrogen-bond acceptors (Lipinski definition) is 3. The summed E-state index contributed by atoms with van der Waals surface area (Å²) in [5.74, 6) is -1.79. The third-order valence-electron chi connectivity index (χ3n) is 3.55. The number of urea groups is 1. The Hall–Kier alpha value is -1.79. The van der Waals surface area contributed by atoms with Gasteiger partial charge in [0.2, 0.25) is 5.91 Å². The number of unbranched alkanes of at least 4 members (excludes halogenated alkanes) is 1. The number of carbonyl (C=O) groups is 3. The van der Waals surface area contributed by atoms with E-state index in [-0.39, 0.29) is 12.5 Å². The van der Waals surface area contributed by atoms with Crippen molar-refractivity contribution in [3.05, 3.63) is 0 Å². The number of nitrogens with two attached hydrogens (primary N) is 1. The first-order chi connectivity index (χ1) is 9.45. The topological polar surface area (TPSA) is 113 Å². The van der Waals surface area contributed by atoms with Crippen molar-refractivity contribution in [1.29, 1.82) is 0 Å². The summed E-state index contributed by atoms with van der Waals surface area (Å²) in [5.41, 5.74) is 5.25. The highest BCUT2D eigenvalue weighted by Gasteiger charge is 2.29. The van der Waals surface area contributed by atoms with Crippen LogP contribution in [-0.4, -0.2) is 47.0 Å². The fourth-order valence-corrected chi connectivity index (χ4v) is 2.30. The van der Waals surface area contributed by atoms with Crippen LogP contribution in [-0.2, 0) is 9.59 Å². The van der Waals surface area contributed by atoms with Crippen molar-refractivity contribution >= 4 is 17.9 Å². The van der Waals surface area contributed by atoms with E-state index >= 15 is 0 Å². The highest BCUT2D eigenvalue weighted by atomic mass is 16.4. The monoisotopic (exact) mass is 285 g/mol. The molecule has 1 rings (SSSR count). The van der Waals surface area contributed by atoms with Crippen LogP contribution in [0.5, 0.6) is 0 Å². The highest BCUT2D eigenvalue weighted by molar-refractivity contribution is 5.83. The van der Waals surface area contributed by atoms with Gasteiger partial charge in [0, 0.05) is 13.1 Å². The van der Waals surface area contributed by atoms with Crippen LogP contribution in [0, 0.1) is 5.92 Å². The van der Waals surface area contributed by atoms with Gasteiger partial charge in [0.05, 0.1) is 5.92 Å². The molecule has 0 spiro atoms. The van der Waals surface area contributed by atoms with Crippen LogP contribution in [0.4, 0.5) is 4.79 Å². The molecule has 114 valence electrons. The average Bonchev–Trinajstić information content (AvgIpc) is 2.42. The van der Waals surface area contributed by atoms with Crippen molar-refractivity contribution in [2.45, 2.75) is 45.1 Å². The minimum atomic E-state index is -1.03. The molecule has 0 aliphatic carbocycles. The number of carboxylic acid groups (broad SMARTS) is 1. The molecule has 1 fully saturated rings. The molecular weight excluding hydrogens is 262 g/mol. The summed E-state index contributed by atoms with van der Waals surface area (Å²) in [4.78, 5) is 35.8. The van der Waals surface area contributed by atoms with E-state index in [1.165, 1.54) is 4.90 Å². The lowest BCUT2D eigenvalue weighted by Gasteiger charge is -2.32. The van der Waals surface area contributed by atoms with Gasteiger partial charge >= 0.3 is 12.0 Å². The zero-order valence-electron chi connectivity index (χ0n) is 11.8. The molecule has 20 heavy (non-hydrogen) atoms. The number of carboxylic acids is 1. The lowest BCUT2D eigenvalue weighted by atomic mass is 9.98. The summed E-state index contributed by atoms with van der Waals surface area (Å²) >= 11 is 0. The number of likely N-dealkylation sites (tertiary alicyclic amines) is 1. The number of nitrogens with zero attached hydrogens (tertiary/aromatic N) is 1. The molecule has 0 saturated carbocycles. The summed E-state index contributed by atoms with van der Waals surface area (Å²) < 4.78 is 0. The van der Waals surface area contributed by atoms with E-state index in [2.05, 4.69) is 5.32 Å². The molecule has 2 atom stereocenters. The van der Waals surface area contributed by atoms with Gasteiger partial charge in [0.15, 0.2) is 0 Å². The van der Waals surface area contributed by atoms with Crippen molar-refractivity contribution < 1.29 is 19.5 Å². The summed E-state index contributed by atoms with van der Waals surface area (Å²) in [6.45, 7) is 2.75. The van der Waals surface area contributed by atoms with Gasteiger partial charge in [0.1, 0.15) is 6.04 Å². The zero-order chi connectivity index (χ0) is 15.1. The maximum Gasteiger partial charge on any atom is 0.326 e. The quantitative estimate of drug-likeness (QED) is 0.661. The van der Waals surface area contributed by atoms with Crippen LogP contribution in [0.25, 0.3) is 0 Å². The zero-order valence-corrected chi connectivity index (χ0v) is 11.8. The van der Waals surface area contributed by atoms with E-state index in [0.29, 0.717) is 25.8 Å². The van der Waals surface area contributed by atoms with E-state index in [0.717, 1.165) is 12.8 Å². The molecule has 1 saturated heterocycles. The number of piperidine rings is 1. The largest absolute Gasteiger partial charge is 0.480 e. The molecule has 1 heterocycles. The van der Waals surface area contributed by atoms with E-state index < -0.39 is 23.9 Å². The Morgan fingerprint density at radius 2 is 2.15 bits per heavy atom. The summed E-state index contributed by atoms with van der Waals surface area (Å²) in [5, 5.41) is 11.6. The van der Waals surface area contributed by atoms with Gasteiger partial charge in [-0.3, -0.25) is 4.79 Å². The minimum absolute atomic E-state index is 0.265. The number of carbonyl (C=O) groups excluding carboxylic acids is 2. The van der Waals surface area contributed by atoms with E-state index in [1.54, 1.807) is 0 Å². The van der Waals surface area contributed by atoms with Gasteiger partial charge < -0.3 is 21.1 Å². The number of primary amides is 1. The molecule has 7 nitrogen and oxygen atoms in total. The fourth-order valence-electron chi connectivity index (χ4n) is 2.30. The first kappa shape index (κ1) is 16.3. The molecule has 0 bridgehead atoms. The Morgan fingerprint density at radius 1 is 1.45 bits per heavy atom. The smallest absolute Gasteiger partial charge is 0.326 e. The van der Waals surface area contributed by atoms with Gasteiger partial charge in [-0.05, 0) is 19.3 Å². The molecule has 1 aliphatic rings. The summed E-state index contributed by atoms with van der Waals surface area (Å²) in [6, 6.07) is -1.31. The van der Waals surface area contributed by atoms with Gasteiger partial charge in [-0.1, -0.05) is 19.8 Å². The molecule has 7 heteroatoms. The standard InChI is InChI=1S/C13H23N3O4/c1-2-3-6-10(12(18)19)15-13(20)16-7-4-5-9(8-16)11(14)17/h9-10H,2-8H2,1H3,(H2,14,17)(H,15,20)(H,18,19)/t9?,10-/m0/s1. The Bertz CT molecular complexity index is 373. The van der Waals surface area contributed by atoms with Crippen molar-refractivity contribution in [2.75, 3.05) is 13.1 Å². The van der Waals surface area contributed by atoms with Crippen molar-refractivity contribution in [1.82, 2.24) is 10.2 Å². The Kier molecular flexibility index (Phi) is 6.27. The third kappa shape index (κ3) is 4.71. The second kappa shape index (κ2) is 7.72. The second-order valence-electron chi connectivity index (χ2n) is 5.17. The SMILES string of the molecule is CCCC[C@H](NC(=O)N1CCCC(C(N)=O)C1)C(=O)O. The first-order valence-electron chi connectivity index (χ1n) is 7.03. The number of hydrogen-bond donors (Lipinski definition) is 3. The minimum Gasteiger partial charge on any atom is -0.480 e. The predicted octanol–water partition coefficient (Wildman–Crippen LogP) is 0.537. The molecule has 1 unspecified atom stereocenters. The van der Waals surface area contributed by atoms with Crippen molar-refractivity contribution in [2.24, 2.45) is 11.7 Å². The fraction of sp³-hybridized carbons (Fsp3) is 0.769. The Labute approximate surface area is 118 Å². The average molecular weight is 285 g/mol. The maximum atomic E-state index is 12.0. The molecule has 0 aromatic rings. The van der Waals surface area contributed by atoms with E-state index in [1.807, 2.05) is 6.92 Å². The van der Waals surface area contributed by atoms with Gasteiger partial charge in [-0.2, -0.15) is 0 Å². The Morgan fingerprint density at radius 3 is 2.70 bits per heavy atom. The normalized spacial score (nSPS) is 20.2. The van der Waals surface area contributed by atoms with Crippen LogP contribution in [0.1, 0.15) is 39.0 Å². The molecule has 3 amide bonds.